The largest absolute Gasteiger partial charge is 0.341 e. The Kier molecular flexibility index (Phi) is 3.53. The van der Waals surface area contributed by atoms with E-state index in [9.17, 15) is 4.79 Å². The van der Waals surface area contributed by atoms with Crippen LogP contribution in [0.4, 0.5) is 0 Å². The van der Waals surface area contributed by atoms with Crippen LogP contribution < -0.4 is 5.73 Å². The van der Waals surface area contributed by atoms with Crippen molar-refractivity contribution in [1.29, 1.82) is 0 Å². The van der Waals surface area contributed by atoms with Crippen LogP contribution in [0.3, 0.4) is 0 Å². The summed E-state index contributed by atoms with van der Waals surface area (Å²) < 4.78 is 0. The Hall–Kier alpha value is -0.570. The van der Waals surface area contributed by atoms with Gasteiger partial charge in [0.25, 0.3) is 0 Å². The van der Waals surface area contributed by atoms with E-state index in [1.165, 1.54) is 19.3 Å². The van der Waals surface area contributed by atoms with Crippen LogP contribution in [0.15, 0.2) is 0 Å². The van der Waals surface area contributed by atoms with Gasteiger partial charge < -0.3 is 10.6 Å². The summed E-state index contributed by atoms with van der Waals surface area (Å²) in [5, 5.41) is 0. The molecule has 2 fully saturated rings. The van der Waals surface area contributed by atoms with E-state index in [1.54, 1.807) is 0 Å². The van der Waals surface area contributed by atoms with Crippen LogP contribution >= 0.6 is 0 Å². The van der Waals surface area contributed by atoms with Gasteiger partial charge >= 0.3 is 0 Å². The molecule has 1 saturated heterocycles. The first-order chi connectivity index (χ1) is 7.62. The van der Waals surface area contributed by atoms with Gasteiger partial charge in [0.05, 0.1) is 5.54 Å². The molecule has 92 valence electrons. The fourth-order valence-corrected chi connectivity index (χ4v) is 2.65. The van der Waals surface area contributed by atoms with Gasteiger partial charge in [0, 0.05) is 13.1 Å². The van der Waals surface area contributed by atoms with Crippen LogP contribution in [-0.4, -0.2) is 29.4 Å². The first kappa shape index (κ1) is 11.9. The number of rotatable bonds is 2. The van der Waals surface area contributed by atoms with Crippen molar-refractivity contribution in [3.8, 4) is 0 Å². The van der Waals surface area contributed by atoms with Crippen molar-refractivity contribution in [2.45, 2.75) is 57.4 Å². The van der Waals surface area contributed by atoms with Crippen molar-refractivity contribution in [3.05, 3.63) is 0 Å². The molecular weight excluding hydrogens is 200 g/mol. The Morgan fingerprint density at radius 3 is 2.12 bits per heavy atom. The highest BCUT2D eigenvalue weighted by molar-refractivity contribution is 5.86. The highest BCUT2D eigenvalue weighted by atomic mass is 16.2. The van der Waals surface area contributed by atoms with Crippen LogP contribution in [0, 0.1) is 5.92 Å². The molecule has 1 unspecified atom stereocenters. The number of carbonyl (C=O) groups excluding carboxylic acids is 1. The molecule has 0 bridgehead atoms. The van der Waals surface area contributed by atoms with Gasteiger partial charge in [0.1, 0.15) is 0 Å². The topological polar surface area (TPSA) is 46.3 Å². The molecule has 0 radical (unpaired) electrons. The average molecular weight is 224 g/mol. The lowest BCUT2D eigenvalue weighted by molar-refractivity contribution is -0.137. The van der Waals surface area contributed by atoms with E-state index in [1.807, 2.05) is 11.8 Å². The molecule has 1 heterocycles. The van der Waals surface area contributed by atoms with Crippen molar-refractivity contribution >= 4 is 5.91 Å². The molecule has 1 atom stereocenters. The van der Waals surface area contributed by atoms with Gasteiger partial charge in [-0.1, -0.05) is 19.3 Å². The van der Waals surface area contributed by atoms with Crippen molar-refractivity contribution in [3.63, 3.8) is 0 Å². The minimum atomic E-state index is -0.598. The summed E-state index contributed by atoms with van der Waals surface area (Å²) >= 11 is 0. The Balaban J connectivity index is 1.95. The molecule has 0 spiro atoms. The molecule has 0 aromatic heterocycles. The number of hydrogen-bond donors (Lipinski definition) is 1. The van der Waals surface area contributed by atoms with Crippen molar-refractivity contribution in [2.24, 2.45) is 11.7 Å². The maximum Gasteiger partial charge on any atom is 0.242 e. The van der Waals surface area contributed by atoms with E-state index < -0.39 is 5.54 Å². The second-order valence-corrected chi connectivity index (χ2v) is 5.62. The number of amides is 1. The van der Waals surface area contributed by atoms with Crippen molar-refractivity contribution in [2.75, 3.05) is 13.1 Å². The van der Waals surface area contributed by atoms with Gasteiger partial charge in [-0.3, -0.25) is 4.79 Å². The minimum absolute atomic E-state index is 0.192. The van der Waals surface area contributed by atoms with E-state index in [0.717, 1.165) is 38.8 Å². The first-order valence-electron chi connectivity index (χ1n) is 6.70. The van der Waals surface area contributed by atoms with Crippen LogP contribution in [0.2, 0.25) is 0 Å². The quantitative estimate of drug-likeness (QED) is 0.778. The predicted molar refractivity (Wildman–Crippen MR) is 65.0 cm³/mol. The summed E-state index contributed by atoms with van der Waals surface area (Å²) in [7, 11) is 0. The second kappa shape index (κ2) is 4.74. The van der Waals surface area contributed by atoms with Crippen LogP contribution in [0.1, 0.15) is 51.9 Å². The lowest BCUT2D eigenvalue weighted by atomic mass is 9.94. The Morgan fingerprint density at radius 1 is 1.12 bits per heavy atom. The van der Waals surface area contributed by atoms with Gasteiger partial charge in [0.2, 0.25) is 5.91 Å². The predicted octanol–water partition coefficient (Wildman–Crippen LogP) is 1.91. The van der Waals surface area contributed by atoms with Crippen LogP contribution in [-0.2, 0) is 4.79 Å². The zero-order chi connectivity index (χ0) is 11.6. The lowest BCUT2D eigenvalue weighted by Gasteiger charge is -2.33. The van der Waals surface area contributed by atoms with Gasteiger partial charge in [-0.15, -0.1) is 0 Å². The molecule has 0 aromatic carbocycles. The fraction of sp³-hybridized carbons (Fsp3) is 0.923. The summed E-state index contributed by atoms with van der Waals surface area (Å²) in [6.45, 7) is 3.75. The molecule has 2 rings (SSSR count). The molecule has 2 aliphatic rings. The van der Waals surface area contributed by atoms with E-state index in [4.69, 9.17) is 5.73 Å². The maximum absolute atomic E-state index is 12.4. The smallest absolute Gasteiger partial charge is 0.242 e. The molecule has 2 N–H and O–H groups in total. The number of likely N-dealkylation sites (tertiary alicyclic amines) is 1. The van der Waals surface area contributed by atoms with Crippen LogP contribution in [0.5, 0.6) is 0 Å². The monoisotopic (exact) mass is 224 g/mol. The molecule has 1 saturated carbocycles. The highest BCUT2D eigenvalue weighted by Crippen LogP contribution is 2.39. The molecule has 3 heteroatoms. The summed E-state index contributed by atoms with van der Waals surface area (Å²) in [5.41, 5.74) is 5.60. The lowest BCUT2D eigenvalue weighted by Crippen LogP contribution is -2.55. The van der Waals surface area contributed by atoms with E-state index in [2.05, 4.69) is 0 Å². The molecule has 3 nitrogen and oxygen atoms in total. The summed E-state index contributed by atoms with van der Waals surface area (Å²) in [4.78, 5) is 14.4. The minimum Gasteiger partial charge on any atom is -0.341 e. The molecule has 1 aliphatic heterocycles. The van der Waals surface area contributed by atoms with E-state index in [0.29, 0.717) is 5.92 Å². The van der Waals surface area contributed by atoms with Gasteiger partial charge in [0.15, 0.2) is 0 Å². The van der Waals surface area contributed by atoms with Crippen molar-refractivity contribution < 1.29 is 4.79 Å². The molecule has 0 aromatic rings. The summed E-state index contributed by atoms with van der Waals surface area (Å²) in [5.74, 6) is 0.627. The normalized spacial score (nSPS) is 26.8. The molecular formula is C13H24N2O. The van der Waals surface area contributed by atoms with Gasteiger partial charge in [-0.05, 0) is 38.5 Å². The second-order valence-electron chi connectivity index (χ2n) is 5.62. The number of carbonyl (C=O) groups is 1. The summed E-state index contributed by atoms with van der Waals surface area (Å²) in [6.07, 6.45) is 8.39. The zero-order valence-corrected chi connectivity index (χ0v) is 10.4. The first-order valence-corrected chi connectivity index (χ1v) is 6.70. The fourth-order valence-electron chi connectivity index (χ4n) is 2.65. The third-order valence-electron chi connectivity index (χ3n) is 4.03. The Bertz CT molecular complexity index is 251. The summed E-state index contributed by atoms with van der Waals surface area (Å²) in [6, 6.07) is 0. The number of hydrogen-bond acceptors (Lipinski definition) is 2. The average Bonchev–Trinajstić information content (AvgIpc) is 2.99. The zero-order valence-electron chi connectivity index (χ0n) is 10.4. The SMILES string of the molecule is CC(N)(C(=O)N1CCCCCCC1)C1CC1. The van der Waals surface area contributed by atoms with Gasteiger partial charge in [-0.2, -0.15) is 0 Å². The van der Waals surface area contributed by atoms with E-state index >= 15 is 0 Å². The highest BCUT2D eigenvalue weighted by Gasteiger charge is 2.45. The third-order valence-corrected chi connectivity index (χ3v) is 4.03. The molecule has 1 aliphatic carbocycles. The van der Waals surface area contributed by atoms with E-state index in [-0.39, 0.29) is 5.91 Å². The van der Waals surface area contributed by atoms with Gasteiger partial charge in [-0.25, -0.2) is 0 Å². The number of nitrogens with zero attached hydrogens (tertiary/aromatic N) is 1. The molecule has 16 heavy (non-hydrogen) atoms. The van der Waals surface area contributed by atoms with Crippen LogP contribution in [0.25, 0.3) is 0 Å². The molecule has 1 amide bonds. The Labute approximate surface area is 98.4 Å². The maximum atomic E-state index is 12.4. The number of nitrogens with two attached hydrogens (primary N) is 1. The van der Waals surface area contributed by atoms with Crippen molar-refractivity contribution in [1.82, 2.24) is 4.90 Å². The Morgan fingerprint density at radius 2 is 1.62 bits per heavy atom. The standard InChI is InChI=1S/C13H24N2O/c1-13(14,11-7-8-11)12(16)15-9-5-3-2-4-6-10-15/h11H,2-10,14H2,1H3. The third kappa shape index (κ3) is 2.57.